The Bertz CT molecular complexity index is 947. The molecule has 156 valence electrons. The lowest BCUT2D eigenvalue weighted by Gasteiger charge is -2.24. The number of fused-ring (bicyclic) bond motifs is 1. The maximum atomic E-state index is 12.8. The molecule has 7 nitrogen and oxygen atoms in total. The molecule has 2 heterocycles. The average molecular weight is 399 g/mol. The Morgan fingerprint density at radius 1 is 1.17 bits per heavy atom. The molecule has 1 saturated carbocycles. The summed E-state index contributed by atoms with van der Waals surface area (Å²) >= 11 is 0. The number of aromatic nitrogens is 2. The predicted octanol–water partition coefficient (Wildman–Crippen LogP) is 3.49. The van der Waals surface area contributed by atoms with Gasteiger partial charge in [-0.15, -0.1) is 0 Å². The molecule has 2 aromatic rings. The Morgan fingerprint density at radius 2 is 1.93 bits per heavy atom. The zero-order chi connectivity index (χ0) is 20.8. The topological polar surface area (TPSA) is 85.3 Å². The molecule has 2 N–H and O–H groups in total. The highest BCUT2D eigenvalue weighted by Gasteiger charge is 2.28. The van der Waals surface area contributed by atoms with Crippen LogP contribution in [0, 0.1) is 0 Å². The number of hydrogen-bond donors (Lipinski definition) is 2. The Balaban J connectivity index is 1.75. The molecule has 1 aromatic heterocycles. The first-order valence-electron chi connectivity index (χ1n) is 10.5. The maximum absolute atomic E-state index is 12.8. The minimum atomic E-state index is -0.434. The molecule has 1 aliphatic carbocycles. The predicted molar refractivity (Wildman–Crippen MR) is 112 cm³/mol. The number of ether oxygens (including phenoxy) is 1. The molecule has 29 heavy (non-hydrogen) atoms. The molecule has 2 aliphatic rings. The number of rotatable bonds is 4. The zero-order valence-corrected chi connectivity index (χ0v) is 17.7. The zero-order valence-electron chi connectivity index (χ0n) is 17.7. The molecule has 2 fully saturated rings. The van der Waals surface area contributed by atoms with E-state index in [1.165, 1.54) is 6.42 Å². The summed E-state index contributed by atoms with van der Waals surface area (Å²) < 4.78 is 7.59. The quantitative estimate of drug-likeness (QED) is 0.826. The number of carbonyl (C=O) groups is 2. The number of aryl methyl sites for hydroxylation is 1. The standard InChI is InChI=1S/C22H30N4O3/c1-22(2,3)25-20(27)14-11-15-18(26(4)19(23-15)13-7-5-8-13)16(12-14)24-21(28)17-9-6-10-29-17/h11-13,17H,5-10H2,1-4H3,(H,24,28)(H,25,27). The summed E-state index contributed by atoms with van der Waals surface area (Å²) in [6.45, 7) is 6.44. The molecule has 1 saturated heterocycles. The van der Waals surface area contributed by atoms with Gasteiger partial charge in [-0.3, -0.25) is 9.59 Å². The second-order valence-corrected chi connectivity index (χ2v) is 9.24. The van der Waals surface area contributed by atoms with Gasteiger partial charge in [0.15, 0.2) is 0 Å². The number of anilines is 1. The van der Waals surface area contributed by atoms with Crippen LogP contribution in [0.5, 0.6) is 0 Å². The monoisotopic (exact) mass is 398 g/mol. The molecule has 0 bridgehead atoms. The van der Waals surface area contributed by atoms with Gasteiger partial charge in [0.05, 0.1) is 16.7 Å². The third kappa shape index (κ3) is 4.01. The first kappa shape index (κ1) is 19.9. The molecule has 1 aromatic carbocycles. The van der Waals surface area contributed by atoms with Crippen molar-refractivity contribution in [2.45, 2.75) is 70.4 Å². The first-order valence-corrected chi connectivity index (χ1v) is 10.5. The van der Waals surface area contributed by atoms with Crippen molar-refractivity contribution in [1.82, 2.24) is 14.9 Å². The minimum Gasteiger partial charge on any atom is -0.368 e. The van der Waals surface area contributed by atoms with Gasteiger partial charge in [0.25, 0.3) is 11.8 Å². The molecular weight excluding hydrogens is 368 g/mol. The van der Waals surface area contributed by atoms with E-state index in [0.717, 1.165) is 42.5 Å². The number of carbonyl (C=O) groups excluding carboxylic acids is 2. The maximum Gasteiger partial charge on any atom is 0.253 e. The van der Waals surface area contributed by atoms with Crippen molar-refractivity contribution < 1.29 is 14.3 Å². The van der Waals surface area contributed by atoms with Gasteiger partial charge in [-0.05, 0) is 58.6 Å². The van der Waals surface area contributed by atoms with Gasteiger partial charge >= 0.3 is 0 Å². The van der Waals surface area contributed by atoms with Crippen molar-refractivity contribution in [2.75, 3.05) is 11.9 Å². The van der Waals surface area contributed by atoms with E-state index in [4.69, 9.17) is 9.72 Å². The van der Waals surface area contributed by atoms with Crippen LogP contribution in [0.1, 0.15) is 75.0 Å². The van der Waals surface area contributed by atoms with Gasteiger partial charge in [-0.2, -0.15) is 0 Å². The van der Waals surface area contributed by atoms with Gasteiger partial charge in [-0.1, -0.05) is 6.42 Å². The second-order valence-electron chi connectivity index (χ2n) is 9.24. The molecule has 0 radical (unpaired) electrons. The molecule has 1 aliphatic heterocycles. The third-order valence-electron chi connectivity index (χ3n) is 5.70. The molecule has 1 unspecified atom stereocenters. The van der Waals surface area contributed by atoms with Gasteiger partial charge in [0.2, 0.25) is 0 Å². The lowest BCUT2D eigenvalue weighted by Crippen LogP contribution is -2.40. The molecule has 0 spiro atoms. The molecule has 2 amide bonds. The van der Waals surface area contributed by atoms with E-state index < -0.39 is 6.10 Å². The van der Waals surface area contributed by atoms with E-state index in [0.29, 0.717) is 23.8 Å². The molecule has 7 heteroatoms. The van der Waals surface area contributed by atoms with Gasteiger partial charge in [0, 0.05) is 30.7 Å². The molecule has 4 rings (SSSR count). The number of amides is 2. The van der Waals surface area contributed by atoms with E-state index in [2.05, 4.69) is 15.2 Å². The highest BCUT2D eigenvalue weighted by atomic mass is 16.5. The van der Waals surface area contributed by atoms with Crippen molar-refractivity contribution in [3.8, 4) is 0 Å². The number of hydrogen-bond acceptors (Lipinski definition) is 4. The summed E-state index contributed by atoms with van der Waals surface area (Å²) in [6, 6.07) is 3.57. The van der Waals surface area contributed by atoms with Crippen molar-refractivity contribution in [3.63, 3.8) is 0 Å². The number of imidazole rings is 1. The van der Waals surface area contributed by atoms with Crippen LogP contribution in [0.15, 0.2) is 12.1 Å². The average Bonchev–Trinajstić information content (AvgIpc) is 3.21. The van der Waals surface area contributed by atoms with Crippen molar-refractivity contribution >= 4 is 28.5 Å². The molecular formula is C22H30N4O3. The number of nitrogens with one attached hydrogen (secondary N) is 2. The van der Waals surface area contributed by atoms with Crippen LogP contribution in [0.2, 0.25) is 0 Å². The van der Waals surface area contributed by atoms with Crippen LogP contribution in [0.4, 0.5) is 5.69 Å². The van der Waals surface area contributed by atoms with Crippen molar-refractivity contribution in [2.24, 2.45) is 7.05 Å². The largest absolute Gasteiger partial charge is 0.368 e. The summed E-state index contributed by atoms with van der Waals surface area (Å²) in [5.41, 5.74) is 2.34. The van der Waals surface area contributed by atoms with Crippen molar-refractivity contribution in [3.05, 3.63) is 23.5 Å². The van der Waals surface area contributed by atoms with Crippen LogP contribution in [-0.4, -0.2) is 39.6 Å². The van der Waals surface area contributed by atoms with Crippen LogP contribution in [0.25, 0.3) is 11.0 Å². The number of benzene rings is 1. The second kappa shape index (κ2) is 7.44. The summed E-state index contributed by atoms with van der Waals surface area (Å²) in [5.74, 6) is 1.12. The van der Waals surface area contributed by atoms with Gasteiger partial charge in [0.1, 0.15) is 11.9 Å². The fourth-order valence-corrected chi connectivity index (χ4v) is 4.04. The van der Waals surface area contributed by atoms with Crippen LogP contribution < -0.4 is 10.6 Å². The number of nitrogens with zero attached hydrogens (tertiary/aromatic N) is 2. The fraction of sp³-hybridized carbons (Fsp3) is 0.591. The summed E-state index contributed by atoms with van der Waals surface area (Å²) in [4.78, 5) is 30.4. The van der Waals surface area contributed by atoms with Crippen LogP contribution >= 0.6 is 0 Å². The van der Waals surface area contributed by atoms with Gasteiger partial charge in [-0.25, -0.2) is 4.98 Å². The van der Waals surface area contributed by atoms with E-state index in [1.54, 1.807) is 6.07 Å². The summed E-state index contributed by atoms with van der Waals surface area (Å²) in [7, 11) is 1.99. The Morgan fingerprint density at radius 3 is 2.52 bits per heavy atom. The minimum absolute atomic E-state index is 0.163. The fourth-order valence-electron chi connectivity index (χ4n) is 4.04. The highest BCUT2D eigenvalue weighted by molar-refractivity contribution is 6.06. The van der Waals surface area contributed by atoms with Crippen LogP contribution in [-0.2, 0) is 16.6 Å². The Kier molecular flexibility index (Phi) is 5.11. The summed E-state index contributed by atoms with van der Waals surface area (Å²) in [5, 5.41) is 6.00. The lowest BCUT2D eigenvalue weighted by atomic mass is 9.85. The third-order valence-corrected chi connectivity index (χ3v) is 5.70. The van der Waals surface area contributed by atoms with Crippen molar-refractivity contribution in [1.29, 1.82) is 0 Å². The van der Waals surface area contributed by atoms with E-state index in [9.17, 15) is 9.59 Å². The lowest BCUT2D eigenvalue weighted by molar-refractivity contribution is -0.124. The SMILES string of the molecule is Cn1c(C2CCC2)nc2cc(C(=O)NC(C)(C)C)cc(NC(=O)C3CCCO3)c21. The highest BCUT2D eigenvalue weighted by Crippen LogP contribution is 2.38. The molecule has 1 atom stereocenters. The van der Waals surface area contributed by atoms with E-state index >= 15 is 0 Å². The summed E-state index contributed by atoms with van der Waals surface area (Å²) in [6.07, 6.45) is 4.65. The van der Waals surface area contributed by atoms with E-state index in [-0.39, 0.29) is 17.4 Å². The van der Waals surface area contributed by atoms with Crippen LogP contribution in [0.3, 0.4) is 0 Å². The van der Waals surface area contributed by atoms with Gasteiger partial charge < -0.3 is 19.9 Å². The Labute approximate surface area is 171 Å². The van der Waals surface area contributed by atoms with E-state index in [1.807, 2.05) is 33.9 Å². The normalized spacial score (nSPS) is 19.9. The Hall–Kier alpha value is -2.41. The first-order chi connectivity index (χ1) is 13.7. The smallest absolute Gasteiger partial charge is 0.253 e.